The zero-order chi connectivity index (χ0) is 15.8. The Balaban J connectivity index is 1.87. The van der Waals surface area contributed by atoms with E-state index in [1.165, 1.54) is 19.3 Å². The Morgan fingerprint density at radius 3 is 2.43 bits per heavy atom. The second-order valence-electron chi connectivity index (χ2n) is 8.48. The van der Waals surface area contributed by atoms with Crippen LogP contribution in [0.2, 0.25) is 0 Å². The summed E-state index contributed by atoms with van der Waals surface area (Å²) in [6, 6.07) is 0.611. The van der Waals surface area contributed by atoms with Crippen molar-refractivity contribution in [1.29, 1.82) is 0 Å². The third kappa shape index (κ3) is 2.99. The van der Waals surface area contributed by atoms with Crippen LogP contribution in [0.5, 0.6) is 0 Å². The van der Waals surface area contributed by atoms with Crippen LogP contribution in [0.3, 0.4) is 0 Å². The van der Waals surface area contributed by atoms with E-state index >= 15 is 0 Å². The van der Waals surface area contributed by atoms with E-state index in [1.807, 2.05) is 6.92 Å². The van der Waals surface area contributed by atoms with Crippen molar-refractivity contribution < 1.29 is 4.79 Å². The van der Waals surface area contributed by atoms with Gasteiger partial charge in [-0.2, -0.15) is 0 Å². The molecule has 1 amide bonds. The van der Waals surface area contributed by atoms with E-state index in [2.05, 4.69) is 33.0 Å². The second-order valence-corrected chi connectivity index (χ2v) is 8.48. The van der Waals surface area contributed by atoms with Crippen molar-refractivity contribution in [3.05, 3.63) is 0 Å². The van der Waals surface area contributed by atoms with Crippen LogP contribution >= 0.6 is 0 Å². The minimum absolute atomic E-state index is 0.106. The Bertz CT molecular complexity index is 391. The fraction of sp³-hybridized carbons (Fsp3) is 0.944. The van der Waals surface area contributed by atoms with Gasteiger partial charge in [0.15, 0.2) is 0 Å². The lowest BCUT2D eigenvalue weighted by Gasteiger charge is -2.39. The van der Waals surface area contributed by atoms with E-state index in [0.29, 0.717) is 11.5 Å². The molecule has 2 fully saturated rings. The zero-order valence-electron chi connectivity index (χ0n) is 14.5. The van der Waals surface area contributed by atoms with E-state index in [4.69, 9.17) is 5.73 Å². The first-order valence-electron chi connectivity index (χ1n) is 8.74. The number of rotatable bonds is 6. The van der Waals surface area contributed by atoms with Gasteiger partial charge in [-0.25, -0.2) is 0 Å². The lowest BCUT2D eigenvalue weighted by molar-refractivity contribution is -0.126. The molecule has 0 aromatic carbocycles. The number of nitrogens with one attached hydrogen (secondary N) is 1. The second kappa shape index (κ2) is 5.91. The van der Waals surface area contributed by atoms with E-state index < -0.39 is 0 Å². The third-order valence-electron chi connectivity index (χ3n) is 6.85. The molecule has 2 rings (SSSR count). The summed E-state index contributed by atoms with van der Waals surface area (Å²) in [5.74, 6) is 1.13. The highest BCUT2D eigenvalue weighted by Gasteiger charge is 2.61. The fourth-order valence-corrected chi connectivity index (χ4v) is 4.61. The molecular formula is C18H34N2O. The maximum atomic E-state index is 12.5. The van der Waals surface area contributed by atoms with E-state index in [0.717, 1.165) is 25.2 Å². The van der Waals surface area contributed by atoms with Crippen LogP contribution in [0.25, 0.3) is 0 Å². The fourth-order valence-electron chi connectivity index (χ4n) is 4.61. The average Bonchev–Trinajstić information content (AvgIpc) is 2.71. The van der Waals surface area contributed by atoms with Gasteiger partial charge in [0.1, 0.15) is 0 Å². The van der Waals surface area contributed by atoms with Gasteiger partial charge in [-0.05, 0) is 55.8 Å². The minimum atomic E-state index is 0.106. The van der Waals surface area contributed by atoms with Gasteiger partial charge >= 0.3 is 0 Å². The number of nitrogens with two attached hydrogens (primary N) is 1. The molecule has 2 aliphatic carbocycles. The maximum absolute atomic E-state index is 12.5. The number of hydrogen-bond donors (Lipinski definition) is 2. The lowest BCUT2D eigenvalue weighted by atomic mass is 9.69. The number of carbonyl (C=O) groups excluding carboxylic acids is 1. The molecule has 21 heavy (non-hydrogen) atoms. The minimum Gasteiger partial charge on any atom is -0.353 e. The van der Waals surface area contributed by atoms with E-state index in [-0.39, 0.29) is 23.3 Å². The van der Waals surface area contributed by atoms with Crippen molar-refractivity contribution in [2.24, 2.45) is 28.4 Å². The molecule has 2 aliphatic rings. The molecule has 0 spiro atoms. The molecule has 5 unspecified atom stereocenters. The molecular weight excluding hydrogens is 260 g/mol. The number of amides is 1. The Morgan fingerprint density at radius 1 is 1.29 bits per heavy atom. The normalized spacial score (nSPS) is 36.5. The van der Waals surface area contributed by atoms with Crippen molar-refractivity contribution in [1.82, 2.24) is 5.32 Å². The molecule has 3 heteroatoms. The summed E-state index contributed by atoms with van der Waals surface area (Å²) in [6.07, 6.45) is 6.76. The smallest absolute Gasteiger partial charge is 0.223 e. The van der Waals surface area contributed by atoms with Crippen LogP contribution in [0.4, 0.5) is 0 Å². The highest BCUT2D eigenvalue weighted by atomic mass is 16.1. The molecule has 0 saturated heterocycles. The van der Waals surface area contributed by atoms with Crippen LogP contribution in [0, 0.1) is 22.7 Å². The zero-order valence-corrected chi connectivity index (χ0v) is 14.5. The predicted molar refractivity (Wildman–Crippen MR) is 87.8 cm³/mol. The highest BCUT2D eigenvalue weighted by Crippen LogP contribution is 2.65. The Morgan fingerprint density at radius 2 is 1.95 bits per heavy atom. The first kappa shape index (κ1) is 16.8. The molecule has 0 aromatic rings. The molecule has 122 valence electrons. The molecule has 3 nitrogen and oxygen atoms in total. The van der Waals surface area contributed by atoms with Crippen LogP contribution < -0.4 is 11.1 Å². The summed E-state index contributed by atoms with van der Waals surface area (Å²) in [5, 5.41) is 3.37. The Labute approximate surface area is 130 Å². The van der Waals surface area contributed by atoms with Gasteiger partial charge in [0, 0.05) is 18.0 Å². The van der Waals surface area contributed by atoms with Crippen molar-refractivity contribution in [3.63, 3.8) is 0 Å². The van der Waals surface area contributed by atoms with Crippen LogP contribution in [-0.4, -0.2) is 18.0 Å². The van der Waals surface area contributed by atoms with Gasteiger partial charge in [0.2, 0.25) is 5.91 Å². The molecule has 0 heterocycles. The van der Waals surface area contributed by atoms with Crippen molar-refractivity contribution >= 4 is 5.91 Å². The summed E-state index contributed by atoms with van der Waals surface area (Å²) < 4.78 is 0. The molecule has 2 saturated carbocycles. The van der Waals surface area contributed by atoms with Gasteiger partial charge < -0.3 is 11.1 Å². The van der Waals surface area contributed by atoms with Gasteiger partial charge in [-0.1, -0.05) is 34.1 Å². The van der Waals surface area contributed by atoms with Crippen LogP contribution in [-0.2, 0) is 4.79 Å². The number of fused-ring (bicyclic) bond motifs is 2. The quantitative estimate of drug-likeness (QED) is 0.788. The van der Waals surface area contributed by atoms with Crippen molar-refractivity contribution in [2.45, 2.75) is 85.2 Å². The molecule has 0 aromatic heterocycles. The third-order valence-corrected chi connectivity index (χ3v) is 6.85. The van der Waals surface area contributed by atoms with Crippen LogP contribution in [0.15, 0.2) is 0 Å². The SMILES string of the molecule is CC(N)CCCC(C)C(=O)NC1CC2CCC1(C)C2(C)C. The summed E-state index contributed by atoms with van der Waals surface area (Å²) in [6.45, 7) is 11.2. The van der Waals surface area contributed by atoms with Gasteiger partial charge in [0.05, 0.1) is 0 Å². The summed E-state index contributed by atoms with van der Waals surface area (Å²) >= 11 is 0. The molecule has 5 atom stereocenters. The van der Waals surface area contributed by atoms with Gasteiger partial charge in [0.25, 0.3) is 0 Å². The van der Waals surface area contributed by atoms with Crippen molar-refractivity contribution in [3.8, 4) is 0 Å². The topological polar surface area (TPSA) is 55.1 Å². The van der Waals surface area contributed by atoms with Gasteiger partial charge in [-0.3, -0.25) is 4.79 Å². The summed E-state index contributed by atoms with van der Waals surface area (Å²) in [4.78, 5) is 12.5. The van der Waals surface area contributed by atoms with E-state index in [9.17, 15) is 4.79 Å². The lowest BCUT2D eigenvalue weighted by Crippen LogP contribution is -2.48. The summed E-state index contributed by atoms with van der Waals surface area (Å²) in [7, 11) is 0. The van der Waals surface area contributed by atoms with Crippen LogP contribution in [0.1, 0.15) is 73.1 Å². The van der Waals surface area contributed by atoms with Gasteiger partial charge in [-0.15, -0.1) is 0 Å². The molecule has 3 N–H and O–H groups in total. The number of carbonyl (C=O) groups is 1. The maximum Gasteiger partial charge on any atom is 0.223 e. The first-order valence-corrected chi connectivity index (χ1v) is 8.74. The highest BCUT2D eigenvalue weighted by molar-refractivity contribution is 5.78. The van der Waals surface area contributed by atoms with Crippen molar-refractivity contribution in [2.75, 3.05) is 0 Å². The number of hydrogen-bond acceptors (Lipinski definition) is 2. The van der Waals surface area contributed by atoms with E-state index in [1.54, 1.807) is 0 Å². The molecule has 0 aliphatic heterocycles. The summed E-state index contributed by atoms with van der Waals surface area (Å²) in [5.41, 5.74) is 6.42. The predicted octanol–water partition coefficient (Wildman–Crippen LogP) is 3.47. The standard InChI is InChI=1S/C18H34N2O/c1-12(7-6-8-13(2)19)16(21)20-15-11-14-9-10-18(15,5)17(14,3)4/h12-15H,6-11,19H2,1-5H3,(H,20,21). The largest absolute Gasteiger partial charge is 0.353 e. The Kier molecular flexibility index (Phi) is 4.72. The monoisotopic (exact) mass is 294 g/mol. The molecule has 0 radical (unpaired) electrons. The first-order chi connectivity index (χ1) is 9.68. The average molecular weight is 294 g/mol. The Hall–Kier alpha value is -0.570. The molecule has 2 bridgehead atoms.